The van der Waals surface area contributed by atoms with Gasteiger partial charge in [0.1, 0.15) is 6.17 Å². The van der Waals surface area contributed by atoms with Crippen LogP contribution in [-0.4, -0.2) is 58.1 Å². The van der Waals surface area contributed by atoms with Crippen molar-refractivity contribution in [3.05, 3.63) is 68.7 Å². The van der Waals surface area contributed by atoms with Crippen LogP contribution in [0.5, 0.6) is 0 Å². The van der Waals surface area contributed by atoms with Gasteiger partial charge in [-0.15, -0.1) is 0 Å². The lowest BCUT2D eigenvalue weighted by Gasteiger charge is -2.27. The van der Waals surface area contributed by atoms with E-state index in [1.54, 1.807) is 29.2 Å². The van der Waals surface area contributed by atoms with Crippen molar-refractivity contribution in [3.63, 3.8) is 0 Å². The van der Waals surface area contributed by atoms with E-state index in [9.17, 15) is 10.1 Å². The van der Waals surface area contributed by atoms with Gasteiger partial charge in [-0.05, 0) is 30.7 Å². The van der Waals surface area contributed by atoms with Crippen LogP contribution >= 0.6 is 34.8 Å². The van der Waals surface area contributed by atoms with Crippen LogP contribution in [0.1, 0.15) is 30.1 Å². The maximum Gasteiger partial charge on any atom is 0.228 e. The molecule has 11 heteroatoms. The van der Waals surface area contributed by atoms with Crippen molar-refractivity contribution in [2.75, 3.05) is 19.6 Å². The summed E-state index contributed by atoms with van der Waals surface area (Å²) in [6.07, 6.45) is 1.42. The average Bonchev–Trinajstić information content (AvgIpc) is 3.43. The molecule has 176 valence electrons. The Labute approximate surface area is 211 Å². The predicted molar refractivity (Wildman–Crippen MR) is 130 cm³/mol. The van der Waals surface area contributed by atoms with Gasteiger partial charge in [-0.3, -0.25) is 10.2 Å². The Hall–Kier alpha value is -2.86. The number of rotatable bonds is 5. The number of nitrogens with one attached hydrogen (secondary N) is 1. The van der Waals surface area contributed by atoms with Gasteiger partial charge in [0.2, 0.25) is 11.9 Å². The first kappa shape index (κ1) is 24.3. The molecule has 2 aliphatic heterocycles. The van der Waals surface area contributed by atoms with Gasteiger partial charge in [-0.1, -0.05) is 53.0 Å². The van der Waals surface area contributed by atoms with Crippen LogP contribution in [-0.2, 0) is 4.79 Å². The summed E-state index contributed by atoms with van der Waals surface area (Å²) in [7, 11) is 0. The highest BCUT2D eigenvalue weighted by atomic mass is 35.5. The van der Waals surface area contributed by atoms with Crippen LogP contribution in [0, 0.1) is 16.9 Å². The zero-order valence-electron chi connectivity index (χ0n) is 17.9. The van der Waals surface area contributed by atoms with Crippen molar-refractivity contribution in [2.45, 2.75) is 25.1 Å². The minimum Gasteiger partial charge on any atom is -0.332 e. The molecular formula is C23H20Cl3FN6O. The molecule has 1 saturated heterocycles. The first-order valence-electron chi connectivity index (χ1n) is 10.5. The standard InChI is InChI=1S/C23H20Cl3FN6O/c24-15-5-3-14(4-6-15)22-20(32-9-1-2-21(32)34)12-33(30-22)23(29)31(13-28)11-19(27)17-8-7-16(25)10-18(17)26/h3-8,10,19-20,29H,1-2,9,11-12H2. The molecule has 2 aliphatic rings. The van der Waals surface area contributed by atoms with Crippen molar-refractivity contribution in [1.29, 1.82) is 10.7 Å². The fourth-order valence-corrected chi connectivity index (χ4v) is 4.72. The summed E-state index contributed by atoms with van der Waals surface area (Å²) in [6.45, 7) is 0.340. The van der Waals surface area contributed by atoms with E-state index in [2.05, 4.69) is 5.10 Å². The Morgan fingerprint density at radius 3 is 2.56 bits per heavy atom. The molecule has 7 nitrogen and oxygen atoms in total. The molecule has 1 fully saturated rings. The topological polar surface area (TPSA) is 86.8 Å². The second-order valence-electron chi connectivity index (χ2n) is 7.95. The highest BCUT2D eigenvalue weighted by molar-refractivity contribution is 6.35. The molecule has 0 radical (unpaired) electrons. The summed E-state index contributed by atoms with van der Waals surface area (Å²) in [5, 5.41) is 25.2. The van der Waals surface area contributed by atoms with E-state index in [0.29, 0.717) is 28.7 Å². The minimum atomic E-state index is -1.64. The Kier molecular flexibility index (Phi) is 7.27. The first-order chi connectivity index (χ1) is 16.3. The van der Waals surface area contributed by atoms with E-state index in [1.807, 2.05) is 6.19 Å². The smallest absolute Gasteiger partial charge is 0.228 e. The van der Waals surface area contributed by atoms with Crippen molar-refractivity contribution < 1.29 is 9.18 Å². The highest BCUT2D eigenvalue weighted by Gasteiger charge is 2.39. The summed E-state index contributed by atoms with van der Waals surface area (Å²) in [4.78, 5) is 15.1. The second kappa shape index (κ2) is 10.2. The third kappa shape index (κ3) is 4.97. The molecule has 2 unspecified atom stereocenters. The number of benzene rings is 2. The molecular weight excluding hydrogens is 502 g/mol. The molecule has 34 heavy (non-hydrogen) atoms. The van der Waals surface area contributed by atoms with Crippen LogP contribution < -0.4 is 0 Å². The fraction of sp³-hybridized carbons (Fsp3) is 0.304. The fourth-order valence-electron chi connectivity index (χ4n) is 4.07. The molecule has 2 aromatic rings. The average molecular weight is 522 g/mol. The van der Waals surface area contributed by atoms with Crippen LogP contribution in [0.25, 0.3) is 0 Å². The SMILES string of the molecule is N#CN(CC(F)c1ccc(Cl)cc1Cl)C(=N)N1CC(N2CCCC2=O)C(c2ccc(Cl)cc2)=N1. The Bertz CT molecular complexity index is 1180. The quantitative estimate of drug-likeness (QED) is 0.257. The molecule has 0 aromatic heterocycles. The zero-order valence-corrected chi connectivity index (χ0v) is 20.2. The summed E-state index contributed by atoms with van der Waals surface area (Å²) in [6, 6.07) is 11.0. The van der Waals surface area contributed by atoms with E-state index >= 15 is 4.39 Å². The number of nitriles is 1. The molecule has 1 amide bonds. The number of amides is 1. The van der Waals surface area contributed by atoms with Crippen molar-refractivity contribution in [3.8, 4) is 6.19 Å². The van der Waals surface area contributed by atoms with Crippen LogP contribution in [0.3, 0.4) is 0 Å². The van der Waals surface area contributed by atoms with Gasteiger partial charge in [-0.2, -0.15) is 10.4 Å². The van der Waals surface area contributed by atoms with Crippen molar-refractivity contribution >= 4 is 52.4 Å². The summed E-state index contributed by atoms with van der Waals surface area (Å²) in [5.41, 5.74) is 1.52. The largest absolute Gasteiger partial charge is 0.332 e. The van der Waals surface area contributed by atoms with E-state index in [1.165, 1.54) is 23.2 Å². The molecule has 4 rings (SSSR count). The Morgan fingerprint density at radius 2 is 1.94 bits per heavy atom. The molecule has 0 spiro atoms. The number of carbonyl (C=O) groups is 1. The van der Waals surface area contributed by atoms with E-state index in [0.717, 1.165) is 16.9 Å². The zero-order chi connectivity index (χ0) is 24.4. The van der Waals surface area contributed by atoms with Crippen LogP contribution in [0.2, 0.25) is 15.1 Å². The van der Waals surface area contributed by atoms with Gasteiger partial charge in [0, 0.05) is 39.2 Å². The minimum absolute atomic E-state index is 0.0124. The lowest BCUT2D eigenvalue weighted by Crippen LogP contribution is -2.46. The van der Waals surface area contributed by atoms with E-state index in [-0.39, 0.29) is 29.0 Å². The normalized spacial score (nSPS) is 18.6. The molecule has 1 N–H and O–H groups in total. The summed E-state index contributed by atoms with van der Waals surface area (Å²) < 4.78 is 15.0. The number of nitrogens with zero attached hydrogens (tertiary/aromatic N) is 5. The number of halogens is 4. The molecule has 2 aromatic carbocycles. The molecule has 0 saturated carbocycles. The van der Waals surface area contributed by atoms with Gasteiger partial charge in [0.05, 0.1) is 24.8 Å². The van der Waals surface area contributed by atoms with Crippen molar-refractivity contribution in [1.82, 2.24) is 14.8 Å². The van der Waals surface area contributed by atoms with E-state index < -0.39 is 18.8 Å². The van der Waals surface area contributed by atoms with E-state index in [4.69, 9.17) is 40.2 Å². The monoisotopic (exact) mass is 520 g/mol. The lowest BCUT2D eigenvalue weighted by atomic mass is 10.0. The number of hydrogen-bond acceptors (Lipinski definition) is 4. The number of guanidine groups is 1. The van der Waals surface area contributed by atoms with Gasteiger partial charge in [0.25, 0.3) is 0 Å². The maximum atomic E-state index is 15.0. The maximum absolute atomic E-state index is 15.0. The Morgan fingerprint density at radius 1 is 1.24 bits per heavy atom. The van der Waals surface area contributed by atoms with Crippen LogP contribution in [0.4, 0.5) is 4.39 Å². The highest BCUT2D eigenvalue weighted by Crippen LogP contribution is 2.30. The number of carbonyl (C=O) groups excluding carboxylic acids is 1. The number of hydrogen-bond donors (Lipinski definition) is 1. The third-order valence-electron chi connectivity index (χ3n) is 5.78. The predicted octanol–water partition coefficient (Wildman–Crippen LogP) is 5.09. The van der Waals surface area contributed by atoms with Gasteiger partial charge >= 0.3 is 0 Å². The van der Waals surface area contributed by atoms with Gasteiger partial charge < -0.3 is 4.90 Å². The Balaban J connectivity index is 1.57. The molecule has 0 bridgehead atoms. The first-order valence-corrected chi connectivity index (χ1v) is 11.7. The molecule has 2 atom stereocenters. The van der Waals surface area contributed by atoms with Crippen molar-refractivity contribution in [2.24, 2.45) is 5.10 Å². The van der Waals surface area contributed by atoms with Gasteiger partial charge in [0.15, 0.2) is 6.19 Å². The number of hydrazone groups is 1. The summed E-state index contributed by atoms with van der Waals surface area (Å²) in [5.74, 6) is -0.283. The van der Waals surface area contributed by atoms with Gasteiger partial charge in [-0.25, -0.2) is 14.3 Å². The molecule has 2 heterocycles. The second-order valence-corrected chi connectivity index (χ2v) is 9.23. The third-order valence-corrected chi connectivity index (χ3v) is 6.59. The lowest BCUT2D eigenvalue weighted by molar-refractivity contribution is -0.128. The number of likely N-dealkylation sites (tertiary alicyclic amines) is 1. The van der Waals surface area contributed by atoms with Crippen LogP contribution in [0.15, 0.2) is 47.6 Å². The molecule has 0 aliphatic carbocycles. The summed E-state index contributed by atoms with van der Waals surface area (Å²) >= 11 is 18.0. The number of alkyl halides is 1.